The number of nitrogens with zero attached hydrogens (tertiary/aromatic N) is 4. The maximum Gasteiger partial charge on any atom is 0.142 e. The number of nitrogens with one attached hydrogen (secondary N) is 1. The van der Waals surface area contributed by atoms with E-state index in [9.17, 15) is 0 Å². The van der Waals surface area contributed by atoms with Crippen molar-refractivity contribution in [1.82, 2.24) is 19.9 Å². The van der Waals surface area contributed by atoms with Gasteiger partial charge in [-0.05, 0) is 28.9 Å². The smallest absolute Gasteiger partial charge is 0.142 e. The van der Waals surface area contributed by atoms with Gasteiger partial charge in [-0.1, -0.05) is 37.3 Å². The lowest BCUT2D eigenvalue weighted by Gasteiger charge is -2.25. The van der Waals surface area contributed by atoms with E-state index in [4.69, 9.17) is 0 Å². The van der Waals surface area contributed by atoms with Crippen molar-refractivity contribution >= 4 is 16.9 Å². The normalized spacial score (nSPS) is 27.6. The minimum atomic E-state index is 0.452. The molecule has 1 aliphatic heterocycles. The van der Waals surface area contributed by atoms with Crippen LogP contribution in [0.4, 0.5) is 5.82 Å². The third-order valence-corrected chi connectivity index (χ3v) is 6.50. The average molecular weight is 347 g/mol. The Morgan fingerprint density at radius 3 is 2.85 bits per heavy atom. The average Bonchev–Trinajstić information content (AvgIpc) is 3.04. The van der Waals surface area contributed by atoms with E-state index in [-0.39, 0.29) is 0 Å². The molecular formula is C21H25N5. The van der Waals surface area contributed by atoms with Gasteiger partial charge < -0.3 is 9.88 Å². The molecule has 2 aromatic heterocycles. The lowest BCUT2D eigenvalue weighted by molar-refractivity contribution is 0.255. The van der Waals surface area contributed by atoms with E-state index in [1.54, 1.807) is 6.33 Å². The number of rotatable bonds is 5. The molecular weight excluding hydrogens is 322 g/mol. The second kappa shape index (κ2) is 5.81. The zero-order chi connectivity index (χ0) is 17.7. The first-order chi connectivity index (χ1) is 12.6. The molecule has 3 heterocycles. The molecule has 0 bridgehead atoms. The summed E-state index contributed by atoms with van der Waals surface area (Å²) in [5, 5.41) is 1.11. The molecule has 3 unspecified atom stereocenters. The molecule has 2 fully saturated rings. The number of fused-ring (bicyclic) bond motifs is 2. The van der Waals surface area contributed by atoms with Gasteiger partial charge in [-0.2, -0.15) is 0 Å². The Balaban J connectivity index is 1.24. The van der Waals surface area contributed by atoms with Gasteiger partial charge in [0.2, 0.25) is 0 Å². The number of hydrogen-bond donors (Lipinski definition) is 1. The Labute approximate surface area is 154 Å². The topological polar surface area (TPSA) is 48.1 Å². The van der Waals surface area contributed by atoms with Gasteiger partial charge in [-0.25, -0.2) is 9.97 Å². The van der Waals surface area contributed by atoms with Crippen LogP contribution >= 0.6 is 0 Å². The van der Waals surface area contributed by atoms with Crippen LogP contribution < -0.4 is 4.90 Å². The van der Waals surface area contributed by atoms with E-state index in [0.29, 0.717) is 5.41 Å². The largest absolute Gasteiger partial charge is 0.359 e. The fourth-order valence-corrected chi connectivity index (χ4v) is 5.00. The first-order valence-electron chi connectivity index (χ1n) is 9.40. The predicted octanol–water partition coefficient (Wildman–Crippen LogP) is 3.16. The van der Waals surface area contributed by atoms with Crippen molar-refractivity contribution in [1.29, 1.82) is 0 Å². The summed E-state index contributed by atoms with van der Waals surface area (Å²) in [7, 11) is 2.16. The highest BCUT2D eigenvalue weighted by Gasteiger charge is 2.65. The van der Waals surface area contributed by atoms with Crippen LogP contribution in [0.15, 0.2) is 48.9 Å². The first-order valence-corrected chi connectivity index (χ1v) is 9.40. The van der Waals surface area contributed by atoms with Gasteiger partial charge in [0.15, 0.2) is 0 Å². The summed E-state index contributed by atoms with van der Waals surface area (Å²) >= 11 is 0. The highest BCUT2D eigenvalue weighted by atomic mass is 15.2. The number of aromatic amines is 1. The van der Waals surface area contributed by atoms with Gasteiger partial charge in [-0.3, -0.25) is 4.90 Å². The molecule has 1 N–H and O–H groups in total. The fraction of sp³-hybridized carbons (Fsp3) is 0.429. The van der Waals surface area contributed by atoms with Gasteiger partial charge in [0.25, 0.3) is 0 Å². The number of H-pyrrole nitrogens is 1. The molecule has 134 valence electrons. The van der Waals surface area contributed by atoms with Crippen LogP contribution in [0, 0.1) is 17.3 Å². The van der Waals surface area contributed by atoms with Gasteiger partial charge >= 0.3 is 0 Å². The number of benzene rings is 1. The monoisotopic (exact) mass is 347 g/mol. The Morgan fingerprint density at radius 2 is 2.08 bits per heavy atom. The number of anilines is 1. The van der Waals surface area contributed by atoms with Crippen LogP contribution in [0.1, 0.15) is 12.5 Å². The van der Waals surface area contributed by atoms with E-state index < -0.39 is 0 Å². The Kier molecular flexibility index (Phi) is 3.54. The van der Waals surface area contributed by atoms with Crippen LogP contribution in [0.25, 0.3) is 11.0 Å². The highest BCUT2D eigenvalue weighted by Crippen LogP contribution is 2.63. The zero-order valence-electron chi connectivity index (χ0n) is 15.4. The number of piperidine rings is 1. The van der Waals surface area contributed by atoms with Gasteiger partial charge in [-0.15, -0.1) is 0 Å². The third-order valence-electron chi connectivity index (χ3n) is 6.50. The molecule has 5 heteroatoms. The number of hydrogen-bond acceptors (Lipinski definition) is 4. The molecule has 2 aliphatic rings. The van der Waals surface area contributed by atoms with E-state index in [2.05, 4.69) is 75.1 Å². The maximum absolute atomic E-state index is 4.53. The Bertz CT molecular complexity index is 920. The van der Waals surface area contributed by atoms with Crippen LogP contribution in [-0.2, 0) is 6.54 Å². The molecule has 1 saturated carbocycles. The summed E-state index contributed by atoms with van der Waals surface area (Å²) in [4.78, 5) is 16.9. The summed E-state index contributed by atoms with van der Waals surface area (Å²) in [5.74, 6) is 2.59. The van der Waals surface area contributed by atoms with Crippen molar-refractivity contribution in [3.8, 4) is 0 Å². The molecule has 1 saturated heterocycles. The van der Waals surface area contributed by atoms with E-state index in [1.165, 1.54) is 18.7 Å². The lowest BCUT2D eigenvalue weighted by Crippen LogP contribution is -2.31. The first kappa shape index (κ1) is 15.8. The Hall–Kier alpha value is -2.40. The molecule has 1 aliphatic carbocycles. The third kappa shape index (κ3) is 2.50. The molecule has 5 nitrogen and oxygen atoms in total. The van der Waals surface area contributed by atoms with E-state index in [0.717, 1.165) is 41.8 Å². The molecule has 3 atom stereocenters. The van der Waals surface area contributed by atoms with E-state index >= 15 is 0 Å². The fourth-order valence-electron chi connectivity index (χ4n) is 5.00. The maximum atomic E-state index is 4.53. The minimum absolute atomic E-state index is 0.452. The van der Waals surface area contributed by atoms with Crippen molar-refractivity contribution in [2.24, 2.45) is 17.3 Å². The van der Waals surface area contributed by atoms with Gasteiger partial charge in [0.05, 0.1) is 5.39 Å². The number of aromatic nitrogens is 3. The van der Waals surface area contributed by atoms with Gasteiger partial charge in [0, 0.05) is 39.4 Å². The van der Waals surface area contributed by atoms with Crippen LogP contribution in [0.3, 0.4) is 0 Å². The summed E-state index contributed by atoms with van der Waals surface area (Å²) in [5.41, 5.74) is 2.79. The SMILES string of the molecule is CN(CC1C2CN(Cc3ccccc3)CC21C)c1ncnc2[nH]ccc12. The lowest BCUT2D eigenvalue weighted by atomic mass is 10.1. The quantitative estimate of drug-likeness (QED) is 0.770. The molecule has 26 heavy (non-hydrogen) atoms. The number of likely N-dealkylation sites (tertiary alicyclic amines) is 1. The molecule has 0 spiro atoms. The zero-order valence-corrected chi connectivity index (χ0v) is 15.4. The summed E-state index contributed by atoms with van der Waals surface area (Å²) < 4.78 is 0. The highest BCUT2D eigenvalue weighted by molar-refractivity contribution is 5.87. The minimum Gasteiger partial charge on any atom is -0.359 e. The van der Waals surface area contributed by atoms with Crippen molar-refractivity contribution in [3.05, 3.63) is 54.5 Å². The molecule has 0 radical (unpaired) electrons. The standard InChI is InChI=1S/C21H25N5/c1-21-13-26(10-15-6-4-3-5-7-15)12-18(21)17(21)11-25(2)20-16-8-9-22-19(16)23-14-24-20/h3-9,14,17-18H,10-13H2,1-2H3,(H,22,23,24). The molecule has 0 amide bonds. The predicted molar refractivity (Wildman–Crippen MR) is 104 cm³/mol. The van der Waals surface area contributed by atoms with Crippen molar-refractivity contribution in [2.45, 2.75) is 13.5 Å². The summed E-state index contributed by atoms with van der Waals surface area (Å²) in [6.07, 6.45) is 3.59. The van der Waals surface area contributed by atoms with Crippen molar-refractivity contribution in [3.63, 3.8) is 0 Å². The molecule has 5 rings (SSSR count). The molecule has 1 aromatic carbocycles. The van der Waals surface area contributed by atoms with Crippen molar-refractivity contribution in [2.75, 3.05) is 31.6 Å². The summed E-state index contributed by atoms with van der Waals surface area (Å²) in [6, 6.07) is 12.9. The second-order valence-corrected chi connectivity index (χ2v) is 8.19. The second-order valence-electron chi connectivity index (χ2n) is 8.19. The van der Waals surface area contributed by atoms with Crippen molar-refractivity contribution < 1.29 is 0 Å². The Morgan fingerprint density at radius 1 is 1.23 bits per heavy atom. The summed E-state index contributed by atoms with van der Waals surface area (Å²) in [6.45, 7) is 7.03. The van der Waals surface area contributed by atoms with E-state index in [1.807, 2.05) is 6.20 Å². The molecule has 3 aromatic rings. The van der Waals surface area contributed by atoms with Crippen LogP contribution in [0.5, 0.6) is 0 Å². The van der Waals surface area contributed by atoms with Gasteiger partial charge in [0.1, 0.15) is 17.8 Å². The van der Waals surface area contributed by atoms with Crippen LogP contribution in [0.2, 0.25) is 0 Å². The van der Waals surface area contributed by atoms with Crippen LogP contribution in [-0.4, -0.2) is 46.5 Å².